The van der Waals surface area contributed by atoms with Crippen LogP contribution >= 0.6 is 0 Å². The van der Waals surface area contributed by atoms with Crippen LogP contribution in [0.1, 0.15) is 20.8 Å². The second kappa shape index (κ2) is 5.03. The fourth-order valence-electron chi connectivity index (χ4n) is 1.24. The molecule has 0 saturated heterocycles. The van der Waals surface area contributed by atoms with Crippen LogP contribution in [0.3, 0.4) is 0 Å². The van der Waals surface area contributed by atoms with E-state index in [4.69, 9.17) is 4.43 Å². The minimum Gasteiger partial charge on any atom is -0.544 e. The molecule has 0 aliphatic heterocycles. The summed E-state index contributed by atoms with van der Waals surface area (Å²) in [6.07, 6.45) is 0. The molecule has 0 aromatic heterocycles. The van der Waals surface area contributed by atoms with E-state index in [1.54, 1.807) is 0 Å². The van der Waals surface area contributed by atoms with Gasteiger partial charge in [-0.2, -0.15) is 0 Å². The van der Waals surface area contributed by atoms with Crippen molar-refractivity contribution in [3.63, 3.8) is 0 Å². The van der Waals surface area contributed by atoms with Gasteiger partial charge >= 0.3 is 7.12 Å². The first-order valence-corrected chi connectivity index (χ1v) is 8.80. The molecule has 0 fully saturated rings. The average molecular weight is 270 g/mol. The first-order chi connectivity index (χ1) is 8.04. The van der Waals surface area contributed by atoms with Crippen LogP contribution in [0.4, 0.5) is 4.39 Å². The summed E-state index contributed by atoms with van der Waals surface area (Å²) >= 11 is 0. The van der Waals surface area contributed by atoms with E-state index in [1.165, 1.54) is 12.1 Å². The fraction of sp³-hybridized carbons (Fsp3) is 0.500. The summed E-state index contributed by atoms with van der Waals surface area (Å²) in [6.45, 7) is 10.3. The van der Waals surface area contributed by atoms with Crippen LogP contribution in [0.25, 0.3) is 0 Å². The topological polar surface area (TPSA) is 49.7 Å². The molecule has 0 unspecified atom stereocenters. The number of benzene rings is 1. The van der Waals surface area contributed by atoms with Gasteiger partial charge in [0, 0.05) is 5.46 Å². The van der Waals surface area contributed by atoms with Gasteiger partial charge in [-0.1, -0.05) is 20.8 Å². The van der Waals surface area contributed by atoms with E-state index in [0.717, 1.165) is 6.07 Å². The lowest BCUT2D eigenvalue weighted by atomic mass is 9.79. The molecule has 0 bridgehead atoms. The van der Waals surface area contributed by atoms with Gasteiger partial charge in [0.15, 0.2) is 0 Å². The van der Waals surface area contributed by atoms with Crippen LogP contribution in [0.15, 0.2) is 18.2 Å². The average Bonchev–Trinajstić information content (AvgIpc) is 2.18. The Balaban J connectivity index is 3.12. The summed E-state index contributed by atoms with van der Waals surface area (Å²) in [4.78, 5) is 0. The predicted octanol–water partition coefficient (Wildman–Crippen LogP) is 1.89. The Hall–Kier alpha value is -0.848. The van der Waals surface area contributed by atoms with Gasteiger partial charge in [0.25, 0.3) is 0 Å². The zero-order valence-corrected chi connectivity index (χ0v) is 12.5. The van der Waals surface area contributed by atoms with Crippen LogP contribution in [-0.2, 0) is 0 Å². The third kappa shape index (κ3) is 3.34. The Morgan fingerprint density at radius 3 is 2.22 bits per heavy atom. The van der Waals surface area contributed by atoms with Gasteiger partial charge in [0.1, 0.15) is 11.6 Å². The van der Waals surface area contributed by atoms with E-state index in [9.17, 15) is 14.4 Å². The van der Waals surface area contributed by atoms with Crippen molar-refractivity contribution in [1.29, 1.82) is 0 Å². The molecule has 0 atom stereocenters. The van der Waals surface area contributed by atoms with Crippen molar-refractivity contribution in [2.45, 2.75) is 38.9 Å². The Labute approximate surface area is 109 Å². The van der Waals surface area contributed by atoms with Crippen molar-refractivity contribution in [3.05, 3.63) is 24.0 Å². The lowest BCUT2D eigenvalue weighted by Gasteiger charge is -2.37. The van der Waals surface area contributed by atoms with E-state index < -0.39 is 21.3 Å². The van der Waals surface area contributed by atoms with E-state index >= 15 is 0 Å². The van der Waals surface area contributed by atoms with Crippen molar-refractivity contribution in [3.8, 4) is 5.75 Å². The Morgan fingerprint density at radius 2 is 1.78 bits per heavy atom. The molecule has 100 valence electrons. The summed E-state index contributed by atoms with van der Waals surface area (Å²) < 4.78 is 19.1. The fourth-order valence-corrected chi connectivity index (χ4v) is 2.28. The van der Waals surface area contributed by atoms with Gasteiger partial charge in [-0.05, 0) is 36.3 Å². The Bertz CT molecular complexity index is 430. The third-order valence-electron chi connectivity index (χ3n) is 3.42. The summed E-state index contributed by atoms with van der Waals surface area (Å²) in [5.74, 6) is -0.168. The molecule has 0 aliphatic rings. The number of halogens is 1. The van der Waals surface area contributed by atoms with E-state index in [0.29, 0.717) is 5.75 Å². The molecule has 1 aromatic carbocycles. The molecule has 0 radical (unpaired) electrons. The number of rotatable bonds is 3. The molecule has 0 amide bonds. The van der Waals surface area contributed by atoms with Crippen molar-refractivity contribution >= 4 is 20.9 Å². The Morgan fingerprint density at radius 1 is 1.22 bits per heavy atom. The van der Waals surface area contributed by atoms with Gasteiger partial charge in [-0.3, -0.25) is 0 Å². The molecule has 1 rings (SSSR count). The quantitative estimate of drug-likeness (QED) is 0.825. The highest BCUT2D eigenvalue weighted by atomic mass is 28.4. The number of hydrogen-bond acceptors (Lipinski definition) is 3. The minimum absolute atomic E-state index is 0.0148. The van der Waals surface area contributed by atoms with Crippen LogP contribution < -0.4 is 9.89 Å². The zero-order chi connectivity index (χ0) is 14.1. The summed E-state index contributed by atoms with van der Waals surface area (Å²) in [6, 6.07) is 3.80. The van der Waals surface area contributed by atoms with E-state index in [-0.39, 0.29) is 10.5 Å². The van der Waals surface area contributed by atoms with Crippen LogP contribution in [0, 0.1) is 5.82 Å². The van der Waals surface area contributed by atoms with Gasteiger partial charge < -0.3 is 14.5 Å². The molecule has 0 saturated carbocycles. The SMILES string of the molecule is CC(C)(C)[Si](C)(C)Oc1ccc(F)cc1B(O)O. The molecule has 6 heteroatoms. The first kappa shape index (κ1) is 15.2. The summed E-state index contributed by atoms with van der Waals surface area (Å²) in [5, 5.41) is 18.5. The molecule has 2 N–H and O–H groups in total. The molecular formula is C12H20BFO3Si. The van der Waals surface area contributed by atoms with Crippen molar-refractivity contribution in [1.82, 2.24) is 0 Å². The maximum atomic E-state index is 13.1. The highest BCUT2D eigenvalue weighted by molar-refractivity contribution is 6.75. The van der Waals surface area contributed by atoms with Crippen LogP contribution in [0.2, 0.25) is 18.1 Å². The molecule has 0 spiro atoms. The van der Waals surface area contributed by atoms with Gasteiger partial charge in [-0.25, -0.2) is 4.39 Å². The molecule has 18 heavy (non-hydrogen) atoms. The number of hydrogen-bond donors (Lipinski definition) is 2. The highest BCUT2D eigenvalue weighted by Crippen LogP contribution is 2.37. The lowest BCUT2D eigenvalue weighted by Crippen LogP contribution is -2.46. The standard InChI is InChI=1S/C12H20BFO3Si/c1-12(2,3)18(4,5)17-11-7-6-9(14)8-10(11)13(15)16/h6-8,15-16H,1-5H3. The maximum Gasteiger partial charge on any atom is 0.492 e. The molecule has 0 aliphatic carbocycles. The minimum atomic E-state index is -2.09. The summed E-state index contributed by atoms with van der Waals surface area (Å²) in [7, 11) is -3.82. The second-order valence-electron chi connectivity index (χ2n) is 5.92. The highest BCUT2D eigenvalue weighted by Gasteiger charge is 2.39. The smallest absolute Gasteiger partial charge is 0.492 e. The van der Waals surface area contributed by atoms with Crippen LogP contribution in [-0.4, -0.2) is 25.5 Å². The van der Waals surface area contributed by atoms with Crippen molar-refractivity contribution in [2.75, 3.05) is 0 Å². The normalized spacial score (nSPS) is 12.4. The zero-order valence-electron chi connectivity index (χ0n) is 11.5. The molecule has 1 aromatic rings. The first-order valence-electron chi connectivity index (χ1n) is 5.89. The largest absolute Gasteiger partial charge is 0.544 e. The third-order valence-corrected chi connectivity index (χ3v) is 7.76. The second-order valence-corrected chi connectivity index (χ2v) is 10.6. The Kier molecular flexibility index (Phi) is 4.25. The maximum absolute atomic E-state index is 13.1. The van der Waals surface area contributed by atoms with E-state index in [1.807, 2.05) is 13.1 Å². The van der Waals surface area contributed by atoms with Gasteiger partial charge in [0.2, 0.25) is 8.32 Å². The molecular weight excluding hydrogens is 250 g/mol. The van der Waals surface area contributed by atoms with Crippen LogP contribution in [0.5, 0.6) is 5.75 Å². The van der Waals surface area contributed by atoms with Gasteiger partial charge in [-0.15, -0.1) is 0 Å². The van der Waals surface area contributed by atoms with Crippen molar-refractivity contribution in [2.24, 2.45) is 0 Å². The molecule has 3 nitrogen and oxygen atoms in total. The van der Waals surface area contributed by atoms with Crippen molar-refractivity contribution < 1.29 is 18.9 Å². The van der Waals surface area contributed by atoms with Gasteiger partial charge in [0.05, 0.1) is 0 Å². The monoisotopic (exact) mass is 270 g/mol. The predicted molar refractivity (Wildman–Crippen MR) is 74.1 cm³/mol. The molecule has 0 heterocycles. The van der Waals surface area contributed by atoms with E-state index in [2.05, 4.69) is 20.8 Å². The lowest BCUT2D eigenvalue weighted by molar-refractivity contribution is 0.421. The summed E-state index contributed by atoms with van der Waals surface area (Å²) in [5.41, 5.74) is 0.0693.